The molecular weight excluding hydrogens is 248 g/mol. The van der Waals surface area contributed by atoms with Crippen LogP contribution in [0, 0.1) is 6.92 Å². The van der Waals surface area contributed by atoms with Gasteiger partial charge >= 0.3 is 5.97 Å². The van der Waals surface area contributed by atoms with E-state index in [9.17, 15) is 4.79 Å². The van der Waals surface area contributed by atoms with Gasteiger partial charge < -0.3 is 4.74 Å². The molecule has 2 nitrogen and oxygen atoms in total. The molecular formula is C18H18O2. The monoisotopic (exact) mass is 266 g/mol. The molecule has 0 spiro atoms. The van der Waals surface area contributed by atoms with Crippen molar-refractivity contribution in [2.45, 2.75) is 31.8 Å². The van der Waals surface area contributed by atoms with Gasteiger partial charge in [0.15, 0.2) is 0 Å². The van der Waals surface area contributed by atoms with Crippen molar-refractivity contribution in [3.8, 4) is 0 Å². The molecule has 0 amide bonds. The number of cyclic esters (lactones) is 1. The van der Waals surface area contributed by atoms with Gasteiger partial charge in [0, 0.05) is 19.3 Å². The minimum Gasteiger partial charge on any atom is -0.454 e. The van der Waals surface area contributed by atoms with Crippen LogP contribution < -0.4 is 0 Å². The van der Waals surface area contributed by atoms with Gasteiger partial charge in [-0.25, -0.2) is 0 Å². The van der Waals surface area contributed by atoms with E-state index in [1.54, 1.807) is 0 Å². The fraction of sp³-hybridized carbons (Fsp3) is 0.278. The standard InChI is InChI=1S/C18H18O2/c1-14-7-9-16(10-8-14)18(12-11-17(19)20-18)13-15-5-3-2-4-6-15/h2-10H,11-13H2,1H3. The summed E-state index contributed by atoms with van der Waals surface area (Å²) in [7, 11) is 0. The van der Waals surface area contributed by atoms with Crippen LogP contribution in [0.1, 0.15) is 29.5 Å². The molecule has 1 heterocycles. The number of hydrogen-bond acceptors (Lipinski definition) is 2. The summed E-state index contributed by atoms with van der Waals surface area (Å²) in [5, 5.41) is 0. The summed E-state index contributed by atoms with van der Waals surface area (Å²) in [6.45, 7) is 2.06. The van der Waals surface area contributed by atoms with Crippen LogP contribution in [-0.4, -0.2) is 5.97 Å². The Balaban J connectivity index is 1.97. The second-order valence-corrected chi connectivity index (χ2v) is 5.50. The molecule has 1 aliphatic heterocycles. The molecule has 1 aliphatic rings. The first kappa shape index (κ1) is 12.9. The van der Waals surface area contributed by atoms with E-state index >= 15 is 0 Å². The molecule has 0 saturated carbocycles. The summed E-state index contributed by atoms with van der Waals surface area (Å²) in [6, 6.07) is 18.5. The zero-order valence-electron chi connectivity index (χ0n) is 11.6. The van der Waals surface area contributed by atoms with Crippen molar-refractivity contribution in [1.82, 2.24) is 0 Å². The van der Waals surface area contributed by atoms with Crippen LogP contribution in [0.25, 0.3) is 0 Å². The highest BCUT2D eigenvalue weighted by atomic mass is 16.6. The van der Waals surface area contributed by atoms with Crippen LogP contribution in [-0.2, 0) is 21.6 Å². The van der Waals surface area contributed by atoms with E-state index in [0.29, 0.717) is 6.42 Å². The van der Waals surface area contributed by atoms with Crippen molar-refractivity contribution in [2.24, 2.45) is 0 Å². The van der Waals surface area contributed by atoms with Crippen molar-refractivity contribution in [3.63, 3.8) is 0 Å². The zero-order chi connectivity index (χ0) is 14.0. The molecule has 0 N–H and O–H groups in total. The van der Waals surface area contributed by atoms with Crippen molar-refractivity contribution in [1.29, 1.82) is 0 Å². The molecule has 2 aromatic rings. The molecule has 2 aromatic carbocycles. The Morgan fingerprint density at radius 1 is 1.05 bits per heavy atom. The van der Waals surface area contributed by atoms with Gasteiger partial charge in [-0.15, -0.1) is 0 Å². The molecule has 0 radical (unpaired) electrons. The molecule has 1 saturated heterocycles. The highest BCUT2D eigenvalue weighted by Gasteiger charge is 2.41. The molecule has 102 valence electrons. The second kappa shape index (κ2) is 5.12. The van der Waals surface area contributed by atoms with Crippen LogP contribution in [0.5, 0.6) is 0 Å². The maximum absolute atomic E-state index is 11.7. The highest BCUT2D eigenvalue weighted by Crippen LogP contribution is 2.39. The zero-order valence-corrected chi connectivity index (χ0v) is 11.6. The quantitative estimate of drug-likeness (QED) is 0.790. The molecule has 3 rings (SSSR count). The molecule has 1 unspecified atom stereocenters. The summed E-state index contributed by atoms with van der Waals surface area (Å²) in [6.07, 6.45) is 1.99. The smallest absolute Gasteiger partial charge is 0.306 e. The van der Waals surface area contributed by atoms with Crippen molar-refractivity contribution >= 4 is 5.97 Å². The number of aryl methyl sites for hydroxylation is 1. The first-order valence-corrected chi connectivity index (χ1v) is 7.01. The lowest BCUT2D eigenvalue weighted by molar-refractivity contribution is -0.149. The fourth-order valence-corrected chi connectivity index (χ4v) is 2.84. The van der Waals surface area contributed by atoms with E-state index in [4.69, 9.17) is 4.74 Å². The second-order valence-electron chi connectivity index (χ2n) is 5.50. The van der Waals surface area contributed by atoms with Gasteiger partial charge in [-0.2, -0.15) is 0 Å². The van der Waals surface area contributed by atoms with Gasteiger partial charge in [-0.3, -0.25) is 4.79 Å². The average molecular weight is 266 g/mol. The third-order valence-corrected chi connectivity index (χ3v) is 3.95. The van der Waals surface area contributed by atoms with E-state index in [-0.39, 0.29) is 5.97 Å². The number of carbonyl (C=O) groups is 1. The van der Waals surface area contributed by atoms with E-state index < -0.39 is 5.60 Å². The Labute approximate surface area is 119 Å². The molecule has 20 heavy (non-hydrogen) atoms. The lowest BCUT2D eigenvalue weighted by Gasteiger charge is -2.28. The number of rotatable bonds is 3. The third kappa shape index (κ3) is 2.46. The Kier molecular flexibility index (Phi) is 3.31. The summed E-state index contributed by atoms with van der Waals surface area (Å²) >= 11 is 0. The van der Waals surface area contributed by atoms with Gasteiger partial charge in [0.25, 0.3) is 0 Å². The Morgan fingerprint density at radius 2 is 1.75 bits per heavy atom. The van der Waals surface area contributed by atoms with E-state index in [1.165, 1.54) is 11.1 Å². The molecule has 1 atom stereocenters. The van der Waals surface area contributed by atoms with Crippen molar-refractivity contribution < 1.29 is 9.53 Å². The fourth-order valence-electron chi connectivity index (χ4n) is 2.84. The summed E-state index contributed by atoms with van der Waals surface area (Å²) in [5.41, 5.74) is 3.01. The first-order chi connectivity index (χ1) is 9.68. The number of ether oxygens (including phenoxy) is 1. The van der Waals surface area contributed by atoms with E-state index in [0.717, 1.165) is 18.4 Å². The minimum atomic E-state index is -0.494. The van der Waals surface area contributed by atoms with Crippen LogP contribution in [0.3, 0.4) is 0 Å². The molecule has 0 aliphatic carbocycles. The number of benzene rings is 2. The molecule has 2 heteroatoms. The van der Waals surface area contributed by atoms with Crippen LogP contribution in [0.2, 0.25) is 0 Å². The van der Waals surface area contributed by atoms with Crippen LogP contribution in [0.4, 0.5) is 0 Å². The van der Waals surface area contributed by atoms with Crippen molar-refractivity contribution in [3.05, 3.63) is 71.3 Å². The summed E-state index contributed by atoms with van der Waals surface area (Å²) < 4.78 is 5.74. The van der Waals surface area contributed by atoms with Gasteiger partial charge in [0.2, 0.25) is 0 Å². The van der Waals surface area contributed by atoms with Gasteiger partial charge in [0.1, 0.15) is 5.60 Å². The SMILES string of the molecule is Cc1ccc(C2(Cc3ccccc3)CCC(=O)O2)cc1. The molecule has 0 bridgehead atoms. The Hall–Kier alpha value is -2.09. The summed E-state index contributed by atoms with van der Waals surface area (Å²) in [5.74, 6) is -0.0958. The number of hydrogen-bond donors (Lipinski definition) is 0. The molecule has 1 fully saturated rings. The Morgan fingerprint density at radius 3 is 2.35 bits per heavy atom. The van der Waals surface area contributed by atoms with Crippen LogP contribution in [0.15, 0.2) is 54.6 Å². The largest absolute Gasteiger partial charge is 0.454 e. The van der Waals surface area contributed by atoms with Gasteiger partial charge in [-0.1, -0.05) is 60.2 Å². The van der Waals surface area contributed by atoms with Crippen molar-refractivity contribution in [2.75, 3.05) is 0 Å². The maximum Gasteiger partial charge on any atom is 0.306 e. The highest BCUT2D eigenvalue weighted by molar-refractivity contribution is 5.72. The normalized spacial score (nSPS) is 21.8. The summed E-state index contributed by atoms with van der Waals surface area (Å²) in [4.78, 5) is 11.7. The van der Waals surface area contributed by atoms with Gasteiger partial charge in [-0.05, 0) is 18.1 Å². The van der Waals surface area contributed by atoms with E-state index in [1.807, 2.05) is 18.2 Å². The molecule has 0 aromatic heterocycles. The van der Waals surface area contributed by atoms with Crippen LogP contribution >= 0.6 is 0 Å². The maximum atomic E-state index is 11.7. The third-order valence-electron chi connectivity index (χ3n) is 3.95. The predicted octanol–water partition coefficient (Wildman–Crippen LogP) is 3.77. The first-order valence-electron chi connectivity index (χ1n) is 7.01. The van der Waals surface area contributed by atoms with Gasteiger partial charge in [0.05, 0.1) is 0 Å². The Bertz CT molecular complexity index is 601. The number of carbonyl (C=O) groups excluding carboxylic acids is 1. The lowest BCUT2D eigenvalue weighted by Crippen LogP contribution is -2.28. The predicted molar refractivity (Wildman–Crippen MR) is 78.3 cm³/mol. The topological polar surface area (TPSA) is 26.3 Å². The number of esters is 1. The minimum absolute atomic E-state index is 0.0958. The lowest BCUT2D eigenvalue weighted by atomic mass is 9.84. The average Bonchev–Trinajstić information content (AvgIpc) is 2.83. The van der Waals surface area contributed by atoms with E-state index in [2.05, 4.69) is 43.3 Å².